The molecule has 0 saturated heterocycles. The van der Waals surface area contributed by atoms with Gasteiger partial charge < -0.3 is 25.2 Å². The number of benzene rings is 2. The highest BCUT2D eigenvalue weighted by atomic mass is 16.4. The van der Waals surface area contributed by atoms with Gasteiger partial charge in [-0.15, -0.1) is 0 Å². The molecule has 1 aliphatic heterocycles. The van der Waals surface area contributed by atoms with Crippen LogP contribution in [0.2, 0.25) is 0 Å². The first-order valence-corrected chi connectivity index (χ1v) is 9.48. The fraction of sp³-hybridized carbons (Fsp3) is 0.0909. The lowest BCUT2D eigenvalue weighted by molar-refractivity contribution is -0.123. The van der Waals surface area contributed by atoms with E-state index in [4.69, 9.17) is 20.3 Å². The van der Waals surface area contributed by atoms with Gasteiger partial charge in [0.1, 0.15) is 17.8 Å². The number of amides is 2. The maximum atomic E-state index is 14.1. The van der Waals surface area contributed by atoms with Crippen molar-refractivity contribution in [1.29, 1.82) is 0 Å². The third-order valence-electron chi connectivity index (χ3n) is 5.89. The van der Waals surface area contributed by atoms with Crippen LogP contribution < -0.4 is 22.0 Å². The van der Waals surface area contributed by atoms with E-state index in [0.29, 0.717) is 22.3 Å². The predicted molar refractivity (Wildman–Crippen MR) is 110 cm³/mol. The van der Waals surface area contributed by atoms with E-state index in [1.807, 2.05) is 0 Å². The molecule has 0 unspecified atom stereocenters. The van der Waals surface area contributed by atoms with Gasteiger partial charge in [-0.2, -0.15) is 4.98 Å². The van der Waals surface area contributed by atoms with Crippen molar-refractivity contribution in [2.45, 2.75) is 5.41 Å². The molecule has 9 nitrogen and oxygen atoms in total. The topological polar surface area (TPSA) is 146 Å². The lowest BCUT2D eigenvalue weighted by Gasteiger charge is -2.23. The van der Waals surface area contributed by atoms with Crippen molar-refractivity contribution in [2.75, 3.05) is 17.2 Å². The number of hydrogen-bond donors (Lipinski definition) is 2. The minimum absolute atomic E-state index is 0.0666. The molecule has 1 aliphatic carbocycles. The Morgan fingerprint density at radius 3 is 2.61 bits per heavy atom. The van der Waals surface area contributed by atoms with Gasteiger partial charge in [-0.05, 0) is 17.7 Å². The van der Waals surface area contributed by atoms with Crippen LogP contribution in [-0.2, 0) is 15.0 Å². The number of fused-ring (bicyclic) bond motifs is 9. The van der Waals surface area contributed by atoms with Gasteiger partial charge in [-0.3, -0.25) is 9.59 Å². The number of carbonyl (C=O) groups excluding carboxylic acids is 2. The number of nitrogens with two attached hydrogens (primary N) is 2. The summed E-state index contributed by atoms with van der Waals surface area (Å²) < 4.78 is 11.2. The fourth-order valence-corrected chi connectivity index (χ4v) is 4.84. The Balaban J connectivity index is 1.83. The van der Waals surface area contributed by atoms with Crippen LogP contribution in [0.4, 0.5) is 11.7 Å². The van der Waals surface area contributed by atoms with Crippen molar-refractivity contribution in [3.05, 3.63) is 75.8 Å². The number of para-hydroxylation sites is 1. The number of carbonyl (C=O) groups is 2. The summed E-state index contributed by atoms with van der Waals surface area (Å²) in [5, 5.41) is 0.506. The minimum Gasteiger partial charge on any atom is -0.423 e. The van der Waals surface area contributed by atoms with E-state index < -0.39 is 29.4 Å². The summed E-state index contributed by atoms with van der Waals surface area (Å²) in [7, 11) is 0. The summed E-state index contributed by atoms with van der Waals surface area (Å²) in [5.41, 5.74) is 10.9. The average molecular weight is 414 g/mol. The molecule has 0 saturated carbocycles. The molecule has 1 atom stereocenters. The summed E-state index contributed by atoms with van der Waals surface area (Å²) >= 11 is 0. The van der Waals surface area contributed by atoms with E-state index in [0.717, 1.165) is 0 Å². The second-order valence-electron chi connectivity index (χ2n) is 7.49. The number of nitrogens with zero attached hydrogens (tertiary/aromatic N) is 2. The number of aromatic nitrogens is 1. The molecule has 1 spiro atoms. The maximum Gasteiger partial charge on any atom is 0.343 e. The molecule has 2 amide bonds. The average Bonchev–Trinajstić information content (AvgIpc) is 3.33. The van der Waals surface area contributed by atoms with E-state index in [2.05, 4.69) is 4.98 Å². The highest BCUT2D eigenvalue weighted by molar-refractivity contribution is 6.21. The van der Waals surface area contributed by atoms with Crippen molar-refractivity contribution in [1.82, 2.24) is 4.98 Å². The highest BCUT2D eigenvalue weighted by Gasteiger charge is 2.63. The zero-order chi connectivity index (χ0) is 21.5. The van der Waals surface area contributed by atoms with E-state index in [9.17, 15) is 14.4 Å². The normalized spacial score (nSPS) is 18.5. The standard InChI is InChI=1S/C22H14N4O5/c23-14(27)9-26-16-11-6-2-4-8-13(11)30-19(28)15(16)22(20(26)29)12-7-3-1-5-10(12)17-18(22)25-21(24)31-17/h1-8H,9H2,(H2,23,27)(H2,24,25)/t22-/m0/s1. The van der Waals surface area contributed by atoms with Gasteiger partial charge in [0.15, 0.2) is 11.2 Å². The Hall–Kier alpha value is -4.40. The Labute approximate surface area is 173 Å². The largest absolute Gasteiger partial charge is 0.423 e. The molecule has 0 radical (unpaired) electrons. The molecule has 4 N–H and O–H groups in total. The summed E-state index contributed by atoms with van der Waals surface area (Å²) in [5.74, 6) is -0.954. The lowest BCUT2D eigenvalue weighted by Crippen LogP contribution is -2.45. The van der Waals surface area contributed by atoms with Crippen molar-refractivity contribution in [3.8, 4) is 11.3 Å². The molecule has 2 aromatic carbocycles. The minimum atomic E-state index is -1.65. The third kappa shape index (κ3) is 1.95. The van der Waals surface area contributed by atoms with E-state index in [1.54, 1.807) is 48.5 Å². The molecule has 3 heterocycles. The van der Waals surface area contributed by atoms with Gasteiger partial charge >= 0.3 is 5.63 Å². The molecule has 9 heteroatoms. The number of rotatable bonds is 2. The molecule has 6 rings (SSSR count). The molecule has 31 heavy (non-hydrogen) atoms. The van der Waals surface area contributed by atoms with Crippen LogP contribution in [0.5, 0.6) is 0 Å². The molecule has 2 aromatic heterocycles. The smallest absolute Gasteiger partial charge is 0.343 e. The van der Waals surface area contributed by atoms with Crippen LogP contribution in [-0.4, -0.2) is 23.3 Å². The van der Waals surface area contributed by atoms with E-state index >= 15 is 0 Å². The summed E-state index contributed by atoms with van der Waals surface area (Å²) in [6, 6.07) is 13.7. The van der Waals surface area contributed by atoms with Crippen molar-refractivity contribution >= 4 is 34.5 Å². The first kappa shape index (κ1) is 17.5. The van der Waals surface area contributed by atoms with Crippen molar-refractivity contribution in [2.24, 2.45) is 5.73 Å². The van der Waals surface area contributed by atoms with Gasteiger partial charge in [0.25, 0.3) is 6.01 Å². The molecule has 152 valence electrons. The van der Waals surface area contributed by atoms with Gasteiger partial charge in [0.2, 0.25) is 11.8 Å². The predicted octanol–water partition coefficient (Wildman–Crippen LogP) is 1.51. The Bertz CT molecular complexity index is 1520. The van der Waals surface area contributed by atoms with Crippen LogP contribution in [0.25, 0.3) is 22.3 Å². The fourth-order valence-electron chi connectivity index (χ4n) is 4.84. The molecule has 2 aliphatic rings. The van der Waals surface area contributed by atoms with Crippen LogP contribution in [0.1, 0.15) is 16.8 Å². The second-order valence-corrected chi connectivity index (χ2v) is 7.49. The van der Waals surface area contributed by atoms with Crippen LogP contribution in [0.3, 0.4) is 0 Å². The molecular weight excluding hydrogens is 400 g/mol. The number of oxazole rings is 1. The molecule has 0 bridgehead atoms. The maximum absolute atomic E-state index is 14.1. The Kier molecular flexibility index (Phi) is 3.15. The van der Waals surface area contributed by atoms with Gasteiger partial charge in [-0.25, -0.2) is 4.79 Å². The van der Waals surface area contributed by atoms with Gasteiger partial charge in [0.05, 0.1) is 11.3 Å². The van der Waals surface area contributed by atoms with Gasteiger partial charge in [-0.1, -0.05) is 36.4 Å². The number of hydrogen-bond acceptors (Lipinski definition) is 7. The highest BCUT2D eigenvalue weighted by Crippen LogP contribution is 2.58. The SMILES string of the molecule is NC(=O)CN1C(=O)[C@@]2(c3ccccc3-c3oc(N)nc32)c2c1c1ccccc1oc2=O. The molecular formula is C22H14N4O5. The van der Waals surface area contributed by atoms with Crippen LogP contribution in [0, 0.1) is 0 Å². The monoisotopic (exact) mass is 414 g/mol. The summed E-state index contributed by atoms with van der Waals surface area (Å²) in [4.78, 5) is 44.8. The molecule has 0 fully saturated rings. The second kappa shape index (κ2) is 5.60. The summed E-state index contributed by atoms with van der Waals surface area (Å²) in [6.45, 7) is -0.411. The summed E-state index contributed by atoms with van der Waals surface area (Å²) in [6.07, 6.45) is 0. The number of primary amides is 1. The Morgan fingerprint density at radius 2 is 1.81 bits per heavy atom. The lowest BCUT2D eigenvalue weighted by atomic mass is 9.76. The third-order valence-corrected chi connectivity index (χ3v) is 5.89. The quantitative estimate of drug-likeness (QED) is 0.473. The van der Waals surface area contributed by atoms with Crippen LogP contribution in [0.15, 0.2) is 62.2 Å². The van der Waals surface area contributed by atoms with Crippen molar-refractivity contribution in [3.63, 3.8) is 0 Å². The van der Waals surface area contributed by atoms with E-state index in [1.165, 1.54) is 4.90 Å². The zero-order valence-corrected chi connectivity index (χ0v) is 15.9. The van der Waals surface area contributed by atoms with Gasteiger partial charge in [0, 0.05) is 10.9 Å². The first-order chi connectivity index (χ1) is 14.9. The van der Waals surface area contributed by atoms with E-state index in [-0.39, 0.29) is 28.5 Å². The van der Waals surface area contributed by atoms with Crippen LogP contribution >= 0.6 is 0 Å². The Morgan fingerprint density at radius 1 is 1.06 bits per heavy atom. The molecule has 4 aromatic rings. The number of nitrogen functional groups attached to an aromatic ring is 1. The first-order valence-electron chi connectivity index (χ1n) is 9.48. The number of anilines is 2. The zero-order valence-electron chi connectivity index (χ0n) is 15.9. The van der Waals surface area contributed by atoms with Crippen molar-refractivity contribution < 1.29 is 18.4 Å².